The van der Waals surface area contributed by atoms with Crippen LogP contribution in [0.15, 0.2) is 18.2 Å². The number of nitro benzene ring substituents is 1. The number of hydrogen-bond acceptors (Lipinski definition) is 6. The van der Waals surface area contributed by atoms with Crippen molar-refractivity contribution in [3.63, 3.8) is 0 Å². The molecule has 0 aliphatic carbocycles. The summed E-state index contributed by atoms with van der Waals surface area (Å²) in [6.07, 6.45) is 1.97. The summed E-state index contributed by atoms with van der Waals surface area (Å²) in [5.41, 5.74) is 2.45. The Labute approximate surface area is 115 Å². The van der Waals surface area contributed by atoms with Gasteiger partial charge in [0, 0.05) is 24.8 Å². The number of nitrogens with zero attached hydrogens (tertiary/aromatic N) is 1. The Morgan fingerprint density at radius 3 is 2.95 bits per heavy atom. The third-order valence-electron chi connectivity index (χ3n) is 3.13. The molecular weight excluding hydrogens is 264 g/mol. The third-order valence-corrected chi connectivity index (χ3v) is 3.13. The molecule has 0 saturated carbocycles. The number of ether oxygens (including phenoxy) is 1. The third kappa shape index (κ3) is 3.22. The molecule has 108 valence electrons. The van der Waals surface area contributed by atoms with Crippen LogP contribution in [0.25, 0.3) is 0 Å². The molecule has 0 aromatic heterocycles. The highest BCUT2D eigenvalue weighted by molar-refractivity contribution is 5.95. The van der Waals surface area contributed by atoms with Gasteiger partial charge in [-0.1, -0.05) is 0 Å². The second-order valence-electron chi connectivity index (χ2n) is 4.48. The Bertz CT molecular complexity index is 514. The molecule has 1 aromatic carbocycles. The number of hydrogen-bond donors (Lipinski definition) is 3. The summed E-state index contributed by atoms with van der Waals surface area (Å²) in [7, 11) is 0. The fourth-order valence-corrected chi connectivity index (χ4v) is 2.07. The Hall–Kier alpha value is -2.19. The van der Waals surface area contributed by atoms with E-state index >= 15 is 0 Å². The van der Waals surface area contributed by atoms with Crippen molar-refractivity contribution in [3.8, 4) is 0 Å². The van der Waals surface area contributed by atoms with Crippen LogP contribution in [0.4, 0.5) is 11.4 Å². The maximum absolute atomic E-state index is 11.9. The molecule has 1 aromatic rings. The SMILES string of the molecule is NNc1cc(C(=O)NCC2CCCO2)ccc1[N+](=O)[O-]. The van der Waals surface area contributed by atoms with Crippen molar-refractivity contribution in [1.82, 2.24) is 5.32 Å². The molecule has 0 radical (unpaired) electrons. The van der Waals surface area contributed by atoms with Crippen molar-refractivity contribution >= 4 is 17.3 Å². The van der Waals surface area contributed by atoms with E-state index in [4.69, 9.17) is 10.6 Å². The van der Waals surface area contributed by atoms with E-state index in [9.17, 15) is 14.9 Å². The molecule has 8 heteroatoms. The van der Waals surface area contributed by atoms with Gasteiger partial charge in [-0.05, 0) is 25.0 Å². The summed E-state index contributed by atoms with van der Waals surface area (Å²) in [5.74, 6) is 4.91. The van der Waals surface area contributed by atoms with Gasteiger partial charge < -0.3 is 15.5 Å². The van der Waals surface area contributed by atoms with Crippen molar-refractivity contribution in [1.29, 1.82) is 0 Å². The smallest absolute Gasteiger partial charge is 0.293 e. The highest BCUT2D eigenvalue weighted by atomic mass is 16.6. The van der Waals surface area contributed by atoms with Gasteiger partial charge in [0.15, 0.2) is 0 Å². The molecular formula is C12H16N4O4. The summed E-state index contributed by atoms with van der Waals surface area (Å²) >= 11 is 0. The van der Waals surface area contributed by atoms with Crippen LogP contribution in [-0.2, 0) is 4.74 Å². The van der Waals surface area contributed by atoms with Gasteiger partial charge in [0.05, 0.1) is 11.0 Å². The van der Waals surface area contributed by atoms with E-state index in [2.05, 4.69) is 10.7 Å². The molecule has 0 bridgehead atoms. The Morgan fingerprint density at radius 1 is 1.55 bits per heavy atom. The Kier molecular flexibility index (Phi) is 4.49. The van der Waals surface area contributed by atoms with E-state index < -0.39 is 4.92 Å². The molecule has 1 aliphatic heterocycles. The first kappa shape index (κ1) is 14.2. The quantitative estimate of drug-likeness (QED) is 0.416. The van der Waals surface area contributed by atoms with Crippen molar-refractivity contribution in [3.05, 3.63) is 33.9 Å². The standard InChI is InChI=1S/C12H16N4O4/c13-15-10-6-8(3-4-11(10)16(18)19)12(17)14-7-9-2-1-5-20-9/h3-4,6,9,15H,1-2,5,7,13H2,(H,14,17). The predicted molar refractivity (Wildman–Crippen MR) is 72.2 cm³/mol. The molecule has 4 N–H and O–H groups in total. The minimum absolute atomic E-state index is 0.0455. The van der Waals surface area contributed by atoms with Gasteiger partial charge in [-0.15, -0.1) is 0 Å². The monoisotopic (exact) mass is 280 g/mol. The number of nitrogen functional groups attached to an aromatic ring is 1. The predicted octanol–water partition coefficient (Wildman–Crippen LogP) is 0.789. The van der Waals surface area contributed by atoms with Gasteiger partial charge in [0.25, 0.3) is 11.6 Å². The summed E-state index contributed by atoms with van der Waals surface area (Å²) in [4.78, 5) is 22.1. The van der Waals surface area contributed by atoms with Crippen LogP contribution < -0.4 is 16.6 Å². The molecule has 1 unspecified atom stereocenters. The van der Waals surface area contributed by atoms with Crippen LogP contribution in [0.3, 0.4) is 0 Å². The average molecular weight is 280 g/mol. The van der Waals surface area contributed by atoms with Crippen LogP contribution in [0.5, 0.6) is 0 Å². The second-order valence-corrected chi connectivity index (χ2v) is 4.48. The molecule has 20 heavy (non-hydrogen) atoms. The number of carbonyl (C=O) groups excluding carboxylic acids is 1. The fourth-order valence-electron chi connectivity index (χ4n) is 2.07. The zero-order valence-corrected chi connectivity index (χ0v) is 10.8. The maximum atomic E-state index is 11.9. The van der Waals surface area contributed by atoms with Gasteiger partial charge >= 0.3 is 0 Å². The average Bonchev–Trinajstić information content (AvgIpc) is 2.97. The van der Waals surface area contributed by atoms with E-state index in [1.807, 2.05) is 0 Å². The number of anilines is 1. The number of amides is 1. The maximum Gasteiger partial charge on any atom is 0.293 e. The molecule has 1 fully saturated rings. The van der Waals surface area contributed by atoms with Crippen molar-refractivity contribution in [2.24, 2.45) is 5.84 Å². The lowest BCUT2D eigenvalue weighted by atomic mass is 10.1. The van der Waals surface area contributed by atoms with Crippen LogP contribution in [0.2, 0.25) is 0 Å². The number of carbonyl (C=O) groups is 1. The fraction of sp³-hybridized carbons (Fsp3) is 0.417. The number of hydrazine groups is 1. The summed E-state index contributed by atoms with van der Waals surface area (Å²) in [6, 6.07) is 3.99. The summed E-state index contributed by atoms with van der Waals surface area (Å²) < 4.78 is 5.40. The van der Waals surface area contributed by atoms with Gasteiger partial charge in [-0.25, -0.2) is 0 Å². The number of benzene rings is 1. The zero-order valence-electron chi connectivity index (χ0n) is 10.8. The normalized spacial score (nSPS) is 17.8. The van der Waals surface area contributed by atoms with E-state index in [1.165, 1.54) is 18.2 Å². The summed E-state index contributed by atoms with van der Waals surface area (Å²) in [6.45, 7) is 1.15. The number of nitro groups is 1. The van der Waals surface area contributed by atoms with Crippen molar-refractivity contribution in [2.75, 3.05) is 18.6 Å². The van der Waals surface area contributed by atoms with Gasteiger partial charge in [-0.2, -0.15) is 0 Å². The first-order valence-corrected chi connectivity index (χ1v) is 6.26. The Balaban J connectivity index is 2.03. The molecule has 2 rings (SSSR count). The van der Waals surface area contributed by atoms with E-state index in [-0.39, 0.29) is 23.4 Å². The molecule has 1 saturated heterocycles. The van der Waals surface area contributed by atoms with E-state index in [0.29, 0.717) is 12.1 Å². The first-order valence-electron chi connectivity index (χ1n) is 6.26. The van der Waals surface area contributed by atoms with Crippen LogP contribution >= 0.6 is 0 Å². The van der Waals surface area contributed by atoms with Gasteiger partial charge in [0.1, 0.15) is 5.69 Å². The first-order chi connectivity index (χ1) is 9.61. The lowest BCUT2D eigenvalue weighted by Gasteiger charge is -2.11. The van der Waals surface area contributed by atoms with Gasteiger partial charge in [-0.3, -0.25) is 20.8 Å². The van der Waals surface area contributed by atoms with Crippen molar-refractivity contribution < 1.29 is 14.5 Å². The lowest BCUT2D eigenvalue weighted by Crippen LogP contribution is -2.31. The zero-order chi connectivity index (χ0) is 14.5. The second kappa shape index (κ2) is 6.31. The molecule has 1 heterocycles. The topological polar surface area (TPSA) is 120 Å². The van der Waals surface area contributed by atoms with Crippen LogP contribution in [-0.4, -0.2) is 30.1 Å². The number of rotatable bonds is 5. The van der Waals surface area contributed by atoms with E-state index in [0.717, 1.165) is 19.4 Å². The van der Waals surface area contributed by atoms with Crippen LogP contribution in [0.1, 0.15) is 23.2 Å². The largest absolute Gasteiger partial charge is 0.376 e. The number of nitrogens with one attached hydrogen (secondary N) is 2. The molecule has 1 aliphatic rings. The summed E-state index contributed by atoms with van der Waals surface area (Å²) in [5, 5.41) is 13.5. The highest BCUT2D eigenvalue weighted by Gasteiger charge is 2.19. The number of nitrogens with two attached hydrogens (primary N) is 1. The highest BCUT2D eigenvalue weighted by Crippen LogP contribution is 2.24. The molecule has 1 amide bonds. The van der Waals surface area contributed by atoms with E-state index in [1.54, 1.807) is 0 Å². The van der Waals surface area contributed by atoms with Gasteiger partial charge in [0.2, 0.25) is 0 Å². The lowest BCUT2D eigenvalue weighted by molar-refractivity contribution is -0.384. The Morgan fingerprint density at radius 2 is 2.35 bits per heavy atom. The minimum atomic E-state index is -0.566. The molecule has 8 nitrogen and oxygen atoms in total. The minimum Gasteiger partial charge on any atom is -0.376 e. The molecule has 1 atom stereocenters. The van der Waals surface area contributed by atoms with Crippen molar-refractivity contribution in [2.45, 2.75) is 18.9 Å². The van der Waals surface area contributed by atoms with Crippen LogP contribution in [0, 0.1) is 10.1 Å². The molecule has 0 spiro atoms.